The molecule has 1 aliphatic heterocycles. The molecule has 3 aliphatic rings. The van der Waals surface area contributed by atoms with Crippen LogP contribution < -0.4 is 10.6 Å². The lowest BCUT2D eigenvalue weighted by atomic mass is 9.91. The van der Waals surface area contributed by atoms with Crippen molar-refractivity contribution in [3.05, 3.63) is 72.5 Å². The van der Waals surface area contributed by atoms with E-state index in [9.17, 15) is 4.79 Å². The van der Waals surface area contributed by atoms with Crippen LogP contribution in [0.1, 0.15) is 54.7 Å². The van der Waals surface area contributed by atoms with E-state index in [1.54, 1.807) is 24.7 Å². The topological polar surface area (TPSA) is 97.6 Å². The number of pyridine rings is 2. The minimum absolute atomic E-state index is 0.0250. The molecule has 2 aliphatic carbocycles. The summed E-state index contributed by atoms with van der Waals surface area (Å²) in [6.45, 7) is 2.23. The smallest absolute Gasteiger partial charge is 0.275 e. The van der Waals surface area contributed by atoms with E-state index in [1.165, 1.54) is 12.8 Å². The number of rotatable bonds is 6. The van der Waals surface area contributed by atoms with Crippen LogP contribution in [0.15, 0.2) is 61.2 Å². The Balaban J connectivity index is 1.19. The summed E-state index contributed by atoms with van der Waals surface area (Å²) in [6, 6.07) is 9.66. The molecule has 0 radical (unpaired) electrons. The van der Waals surface area contributed by atoms with Gasteiger partial charge in [0, 0.05) is 18.4 Å². The van der Waals surface area contributed by atoms with Gasteiger partial charge in [-0.25, -0.2) is 4.98 Å². The predicted octanol–water partition coefficient (Wildman–Crippen LogP) is 3.99. The molecule has 8 nitrogen and oxygen atoms in total. The SMILES string of the molecule is CC1(C2CC2)C=CC(c2ccnc(C(=O)Nc3cccc(-c4nncn4C4CC4)n3)c2)=CN1. The van der Waals surface area contributed by atoms with Crippen LogP contribution in [0.4, 0.5) is 5.82 Å². The maximum absolute atomic E-state index is 12.9. The number of hydrogen-bond donors (Lipinski definition) is 2. The Hall–Kier alpha value is -3.81. The lowest BCUT2D eigenvalue weighted by molar-refractivity contribution is 0.102. The van der Waals surface area contributed by atoms with Gasteiger partial charge < -0.3 is 15.2 Å². The Morgan fingerprint density at radius 3 is 2.85 bits per heavy atom. The number of nitrogens with zero attached hydrogens (tertiary/aromatic N) is 5. The van der Waals surface area contributed by atoms with E-state index in [0.29, 0.717) is 29.2 Å². The third kappa shape index (κ3) is 3.92. The zero-order chi connectivity index (χ0) is 22.4. The van der Waals surface area contributed by atoms with E-state index in [1.807, 2.05) is 29.0 Å². The number of carbonyl (C=O) groups is 1. The molecule has 2 fully saturated rings. The molecule has 0 saturated heterocycles. The molecule has 8 heteroatoms. The van der Waals surface area contributed by atoms with Crippen molar-refractivity contribution in [3.8, 4) is 11.5 Å². The van der Waals surface area contributed by atoms with E-state index in [-0.39, 0.29) is 11.4 Å². The Morgan fingerprint density at radius 1 is 1.21 bits per heavy atom. The molecule has 4 heterocycles. The van der Waals surface area contributed by atoms with E-state index in [2.05, 4.69) is 49.9 Å². The minimum atomic E-state index is -0.304. The van der Waals surface area contributed by atoms with Gasteiger partial charge in [0.1, 0.15) is 23.5 Å². The summed E-state index contributed by atoms with van der Waals surface area (Å²) in [7, 11) is 0. The molecular weight excluding hydrogens is 414 g/mol. The maximum Gasteiger partial charge on any atom is 0.275 e. The van der Waals surface area contributed by atoms with E-state index in [4.69, 9.17) is 0 Å². The Bertz CT molecular complexity index is 1290. The van der Waals surface area contributed by atoms with Gasteiger partial charge in [-0.15, -0.1) is 10.2 Å². The summed E-state index contributed by atoms with van der Waals surface area (Å²) < 4.78 is 2.05. The maximum atomic E-state index is 12.9. The van der Waals surface area contributed by atoms with Crippen LogP contribution in [-0.4, -0.2) is 36.2 Å². The molecule has 0 spiro atoms. The Kier molecular flexibility index (Phi) is 4.60. The summed E-state index contributed by atoms with van der Waals surface area (Å²) in [4.78, 5) is 21.8. The van der Waals surface area contributed by atoms with Crippen molar-refractivity contribution in [2.45, 2.75) is 44.2 Å². The van der Waals surface area contributed by atoms with Crippen LogP contribution in [0.5, 0.6) is 0 Å². The van der Waals surface area contributed by atoms with Crippen molar-refractivity contribution in [3.63, 3.8) is 0 Å². The number of aromatic nitrogens is 5. The van der Waals surface area contributed by atoms with Crippen molar-refractivity contribution in [2.75, 3.05) is 5.32 Å². The summed E-state index contributed by atoms with van der Waals surface area (Å²) in [5.74, 6) is 1.57. The second-order valence-corrected chi connectivity index (χ2v) is 9.22. The quantitative estimate of drug-likeness (QED) is 0.603. The number of amides is 1. The number of carbonyl (C=O) groups excluding carboxylic acids is 1. The molecule has 6 rings (SSSR count). The molecule has 1 atom stereocenters. The van der Waals surface area contributed by atoms with Crippen molar-refractivity contribution in [2.24, 2.45) is 5.92 Å². The van der Waals surface area contributed by atoms with Gasteiger partial charge in [0.15, 0.2) is 5.82 Å². The molecule has 3 aromatic rings. The third-order valence-corrected chi connectivity index (χ3v) is 6.63. The second kappa shape index (κ2) is 7.65. The molecule has 0 bridgehead atoms. The fourth-order valence-electron chi connectivity index (χ4n) is 4.30. The fraction of sp³-hybridized carbons (Fsp3) is 0.320. The number of hydrogen-bond acceptors (Lipinski definition) is 6. The first-order valence-electron chi connectivity index (χ1n) is 11.4. The second-order valence-electron chi connectivity index (χ2n) is 9.22. The monoisotopic (exact) mass is 439 g/mol. The molecule has 3 aromatic heterocycles. The highest BCUT2D eigenvalue weighted by Crippen LogP contribution is 2.42. The van der Waals surface area contributed by atoms with Crippen LogP contribution >= 0.6 is 0 Å². The van der Waals surface area contributed by atoms with Gasteiger partial charge in [0.2, 0.25) is 0 Å². The predicted molar refractivity (Wildman–Crippen MR) is 125 cm³/mol. The largest absolute Gasteiger partial charge is 0.381 e. The first-order chi connectivity index (χ1) is 16.1. The van der Waals surface area contributed by atoms with Gasteiger partial charge in [0.05, 0.1) is 5.54 Å². The number of dihydropyridines is 1. The number of allylic oxidation sites excluding steroid dienone is 2. The first kappa shape index (κ1) is 19.8. The molecule has 1 amide bonds. The van der Waals surface area contributed by atoms with Gasteiger partial charge in [0.25, 0.3) is 5.91 Å². The molecule has 2 N–H and O–H groups in total. The highest BCUT2D eigenvalue weighted by atomic mass is 16.1. The molecule has 166 valence electrons. The van der Waals surface area contributed by atoms with Crippen LogP contribution in [-0.2, 0) is 0 Å². The van der Waals surface area contributed by atoms with Gasteiger partial charge in [-0.2, -0.15) is 0 Å². The first-order valence-corrected chi connectivity index (χ1v) is 11.4. The standard InChI is InChI=1S/C25H25N7O/c1-25(18-5-6-18)11-9-17(14-27-25)16-10-12-26-21(13-16)24(33)30-22-4-2-3-20(29-22)23-31-28-15-32(23)19-7-8-19/h2-4,9-15,18-19,27H,5-8H2,1H3,(H,29,30,33). The summed E-state index contributed by atoms with van der Waals surface area (Å²) in [5.41, 5.74) is 3.02. The van der Waals surface area contributed by atoms with E-state index in [0.717, 1.165) is 29.8 Å². The molecule has 1 unspecified atom stereocenters. The van der Waals surface area contributed by atoms with E-state index < -0.39 is 0 Å². The Labute approximate surface area is 191 Å². The van der Waals surface area contributed by atoms with Crippen LogP contribution in [0.3, 0.4) is 0 Å². The average molecular weight is 440 g/mol. The molecule has 2 saturated carbocycles. The van der Waals surface area contributed by atoms with Crippen molar-refractivity contribution in [1.29, 1.82) is 0 Å². The molecule has 0 aromatic carbocycles. The van der Waals surface area contributed by atoms with Crippen molar-refractivity contribution < 1.29 is 4.79 Å². The van der Waals surface area contributed by atoms with Crippen LogP contribution in [0.25, 0.3) is 17.1 Å². The fourth-order valence-corrected chi connectivity index (χ4v) is 4.30. The zero-order valence-corrected chi connectivity index (χ0v) is 18.4. The van der Waals surface area contributed by atoms with Gasteiger partial charge in [-0.05, 0) is 73.9 Å². The van der Waals surface area contributed by atoms with Crippen LogP contribution in [0, 0.1) is 5.92 Å². The summed E-state index contributed by atoms with van der Waals surface area (Å²) in [5, 5.41) is 14.7. The van der Waals surface area contributed by atoms with Gasteiger partial charge >= 0.3 is 0 Å². The van der Waals surface area contributed by atoms with E-state index >= 15 is 0 Å². The normalized spacial score (nSPS) is 21.9. The lowest BCUT2D eigenvalue weighted by Crippen LogP contribution is -2.40. The van der Waals surface area contributed by atoms with Crippen molar-refractivity contribution in [1.82, 2.24) is 30.0 Å². The highest BCUT2D eigenvalue weighted by molar-refractivity contribution is 6.03. The highest BCUT2D eigenvalue weighted by Gasteiger charge is 2.39. The number of nitrogens with one attached hydrogen (secondary N) is 2. The molecular formula is C25H25N7O. The van der Waals surface area contributed by atoms with Crippen LogP contribution in [0.2, 0.25) is 0 Å². The average Bonchev–Trinajstić information content (AvgIpc) is 3.78. The Morgan fingerprint density at radius 2 is 2.09 bits per heavy atom. The summed E-state index contributed by atoms with van der Waals surface area (Å²) in [6.07, 6.45) is 14.6. The number of anilines is 1. The lowest BCUT2D eigenvalue weighted by Gasteiger charge is -2.30. The molecule has 33 heavy (non-hydrogen) atoms. The third-order valence-electron chi connectivity index (χ3n) is 6.63. The van der Waals surface area contributed by atoms with Gasteiger partial charge in [-0.3, -0.25) is 9.78 Å². The zero-order valence-electron chi connectivity index (χ0n) is 18.4. The summed E-state index contributed by atoms with van der Waals surface area (Å²) >= 11 is 0. The minimum Gasteiger partial charge on any atom is -0.381 e. The van der Waals surface area contributed by atoms with Crippen molar-refractivity contribution >= 4 is 17.3 Å². The van der Waals surface area contributed by atoms with Gasteiger partial charge in [-0.1, -0.05) is 18.2 Å².